The van der Waals surface area contributed by atoms with Crippen LogP contribution in [0.4, 0.5) is 0 Å². The third-order valence-corrected chi connectivity index (χ3v) is 1.74. The molecule has 74 valence electrons. The molecule has 0 aromatic carbocycles. The fourth-order valence-corrected chi connectivity index (χ4v) is 0.873. The first-order valence-corrected chi connectivity index (χ1v) is 4.54. The van der Waals surface area contributed by atoms with Gasteiger partial charge in [-0.1, -0.05) is 13.3 Å². The lowest BCUT2D eigenvalue weighted by Gasteiger charge is -2.11. The molecule has 0 aliphatic carbocycles. The van der Waals surface area contributed by atoms with E-state index in [-0.39, 0.29) is 11.8 Å². The highest BCUT2D eigenvalue weighted by Gasteiger charge is 2.12. The van der Waals surface area contributed by atoms with E-state index < -0.39 is 6.04 Å². The standard InChI is InChI=1S/C9H17N3O/c1-3-4-8(11)9(13)12-6-7(2)5-10/h7-8H,3-4,6,11H2,1-2H3,(H,12,13). The van der Waals surface area contributed by atoms with Crippen LogP contribution in [0.5, 0.6) is 0 Å². The second kappa shape index (κ2) is 6.44. The van der Waals surface area contributed by atoms with Crippen LogP contribution in [0.1, 0.15) is 26.7 Å². The highest BCUT2D eigenvalue weighted by molar-refractivity contribution is 5.81. The molecule has 0 bridgehead atoms. The molecule has 0 rings (SSSR count). The largest absolute Gasteiger partial charge is 0.353 e. The van der Waals surface area contributed by atoms with Crippen molar-refractivity contribution < 1.29 is 4.79 Å². The Balaban J connectivity index is 3.69. The summed E-state index contributed by atoms with van der Waals surface area (Å²) in [6, 6.07) is 1.60. The quantitative estimate of drug-likeness (QED) is 0.647. The molecule has 4 heteroatoms. The maximum Gasteiger partial charge on any atom is 0.236 e. The minimum atomic E-state index is -0.434. The molecule has 0 spiro atoms. The summed E-state index contributed by atoms with van der Waals surface area (Å²) in [5, 5.41) is 11.1. The number of nitriles is 1. The van der Waals surface area contributed by atoms with Gasteiger partial charge in [0.25, 0.3) is 0 Å². The number of hydrogen-bond acceptors (Lipinski definition) is 3. The molecule has 0 aliphatic heterocycles. The molecular formula is C9H17N3O. The third-order valence-electron chi connectivity index (χ3n) is 1.74. The van der Waals surface area contributed by atoms with Crippen LogP contribution in [0, 0.1) is 17.2 Å². The smallest absolute Gasteiger partial charge is 0.236 e. The predicted molar refractivity (Wildman–Crippen MR) is 50.7 cm³/mol. The van der Waals surface area contributed by atoms with Crippen molar-refractivity contribution in [2.45, 2.75) is 32.7 Å². The van der Waals surface area contributed by atoms with Gasteiger partial charge in [-0.3, -0.25) is 4.79 Å². The molecule has 0 saturated carbocycles. The van der Waals surface area contributed by atoms with Crippen molar-refractivity contribution in [2.24, 2.45) is 11.7 Å². The average molecular weight is 183 g/mol. The molecule has 0 radical (unpaired) electrons. The van der Waals surface area contributed by atoms with Crippen molar-refractivity contribution in [3.8, 4) is 6.07 Å². The van der Waals surface area contributed by atoms with E-state index in [4.69, 9.17) is 11.0 Å². The van der Waals surface area contributed by atoms with Crippen LogP contribution >= 0.6 is 0 Å². The summed E-state index contributed by atoms with van der Waals surface area (Å²) in [7, 11) is 0. The van der Waals surface area contributed by atoms with Crippen LogP contribution in [0.3, 0.4) is 0 Å². The van der Waals surface area contributed by atoms with Crippen LogP contribution in [-0.2, 0) is 4.79 Å². The topological polar surface area (TPSA) is 78.9 Å². The number of rotatable bonds is 5. The SMILES string of the molecule is CCCC(N)C(=O)NCC(C)C#N. The van der Waals surface area contributed by atoms with Crippen molar-refractivity contribution >= 4 is 5.91 Å². The highest BCUT2D eigenvalue weighted by Crippen LogP contribution is 1.94. The molecule has 0 aromatic rings. The second-order valence-electron chi connectivity index (χ2n) is 3.17. The summed E-state index contributed by atoms with van der Waals surface area (Å²) in [5.74, 6) is -0.318. The van der Waals surface area contributed by atoms with Crippen LogP contribution in [-0.4, -0.2) is 18.5 Å². The molecule has 0 heterocycles. The number of carbonyl (C=O) groups excluding carboxylic acids is 1. The number of nitrogens with zero attached hydrogens (tertiary/aromatic N) is 1. The zero-order valence-electron chi connectivity index (χ0n) is 8.21. The molecule has 13 heavy (non-hydrogen) atoms. The average Bonchev–Trinajstić information content (AvgIpc) is 2.13. The summed E-state index contributed by atoms with van der Waals surface area (Å²) >= 11 is 0. The summed E-state index contributed by atoms with van der Waals surface area (Å²) in [4.78, 5) is 11.2. The number of amides is 1. The molecule has 4 nitrogen and oxygen atoms in total. The normalized spacial score (nSPS) is 14.3. The molecule has 0 saturated heterocycles. The van der Waals surface area contributed by atoms with Crippen molar-refractivity contribution in [3.63, 3.8) is 0 Å². The van der Waals surface area contributed by atoms with Crippen LogP contribution in [0.2, 0.25) is 0 Å². The van der Waals surface area contributed by atoms with E-state index in [1.807, 2.05) is 13.0 Å². The fourth-order valence-electron chi connectivity index (χ4n) is 0.873. The van der Waals surface area contributed by atoms with Gasteiger partial charge in [-0.15, -0.1) is 0 Å². The van der Waals surface area contributed by atoms with Gasteiger partial charge < -0.3 is 11.1 Å². The summed E-state index contributed by atoms with van der Waals surface area (Å²) in [6.07, 6.45) is 1.58. The molecule has 0 fully saturated rings. The Morgan fingerprint density at radius 3 is 2.77 bits per heavy atom. The Labute approximate surface area is 79.1 Å². The first-order valence-electron chi connectivity index (χ1n) is 4.54. The number of hydrogen-bond donors (Lipinski definition) is 2. The molecule has 1 amide bonds. The van der Waals surface area contributed by atoms with Gasteiger partial charge in [0.1, 0.15) is 0 Å². The van der Waals surface area contributed by atoms with E-state index in [0.29, 0.717) is 13.0 Å². The van der Waals surface area contributed by atoms with Crippen molar-refractivity contribution in [1.29, 1.82) is 5.26 Å². The van der Waals surface area contributed by atoms with Gasteiger partial charge in [0.15, 0.2) is 0 Å². The van der Waals surface area contributed by atoms with Crippen molar-refractivity contribution in [2.75, 3.05) is 6.54 Å². The first kappa shape index (κ1) is 11.9. The van der Waals surface area contributed by atoms with Crippen LogP contribution < -0.4 is 11.1 Å². The Morgan fingerprint density at radius 1 is 1.69 bits per heavy atom. The van der Waals surface area contributed by atoms with E-state index >= 15 is 0 Å². The zero-order chi connectivity index (χ0) is 10.3. The van der Waals surface area contributed by atoms with Gasteiger partial charge in [-0.05, 0) is 13.3 Å². The molecule has 0 aromatic heterocycles. The van der Waals surface area contributed by atoms with Crippen LogP contribution in [0.25, 0.3) is 0 Å². The maximum atomic E-state index is 11.2. The minimum Gasteiger partial charge on any atom is -0.353 e. The Hall–Kier alpha value is -1.08. The van der Waals surface area contributed by atoms with E-state index in [2.05, 4.69) is 5.32 Å². The number of carbonyl (C=O) groups is 1. The van der Waals surface area contributed by atoms with Gasteiger partial charge in [0.05, 0.1) is 18.0 Å². The van der Waals surface area contributed by atoms with Crippen LogP contribution in [0.15, 0.2) is 0 Å². The second-order valence-corrected chi connectivity index (χ2v) is 3.17. The van der Waals surface area contributed by atoms with E-state index in [1.165, 1.54) is 0 Å². The Morgan fingerprint density at radius 2 is 2.31 bits per heavy atom. The number of nitrogens with two attached hydrogens (primary N) is 1. The van der Waals surface area contributed by atoms with Gasteiger partial charge >= 0.3 is 0 Å². The van der Waals surface area contributed by atoms with E-state index in [1.54, 1.807) is 6.92 Å². The lowest BCUT2D eigenvalue weighted by molar-refractivity contribution is -0.122. The lowest BCUT2D eigenvalue weighted by Crippen LogP contribution is -2.41. The maximum absolute atomic E-state index is 11.2. The monoisotopic (exact) mass is 183 g/mol. The van der Waals surface area contributed by atoms with Crippen molar-refractivity contribution in [3.05, 3.63) is 0 Å². The molecule has 3 N–H and O–H groups in total. The van der Waals surface area contributed by atoms with Gasteiger partial charge in [0.2, 0.25) is 5.91 Å². The van der Waals surface area contributed by atoms with Crippen molar-refractivity contribution in [1.82, 2.24) is 5.32 Å². The third kappa shape index (κ3) is 5.21. The predicted octanol–water partition coefficient (Wildman–Crippen LogP) is 0.390. The molecule has 2 unspecified atom stereocenters. The number of nitrogens with one attached hydrogen (secondary N) is 1. The Kier molecular flexibility index (Phi) is 5.90. The minimum absolute atomic E-state index is 0.155. The highest BCUT2D eigenvalue weighted by atomic mass is 16.2. The van der Waals surface area contributed by atoms with E-state index in [9.17, 15) is 4.79 Å². The van der Waals surface area contributed by atoms with Gasteiger partial charge in [-0.25, -0.2) is 0 Å². The molecule has 0 aliphatic rings. The van der Waals surface area contributed by atoms with Gasteiger partial charge in [0, 0.05) is 6.54 Å². The van der Waals surface area contributed by atoms with Gasteiger partial charge in [-0.2, -0.15) is 5.26 Å². The summed E-state index contributed by atoms with van der Waals surface area (Å²) in [5.41, 5.74) is 5.56. The lowest BCUT2D eigenvalue weighted by atomic mass is 10.1. The Bertz CT molecular complexity index is 198. The zero-order valence-corrected chi connectivity index (χ0v) is 8.21. The molecule has 2 atom stereocenters. The molecular weight excluding hydrogens is 166 g/mol. The summed E-state index contributed by atoms with van der Waals surface area (Å²) < 4.78 is 0. The first-order chi connectivity index (χ1) is 6.11. The summed E-state index contributed by atoms with van der Waals surface area (Å²) in [6.45, 7) is 4.11. The fraction of sp³-hybridized carbons (Fsp3) is 0.778. The van der Waals surface area contributed by atoms with E-state index in [0.717, 1.165) is 6.42 Å².